The summed E-state index contributed by atoms with van der Waals surface area (Å²) < 4.78 is 0. The third kappa shape index (κ3) is 3.47. The van der Waals surface area contributed by atoms with Crippen LogP contribution in [0, 0.1) is 5.41 Å². The molecular formula is C18H25N5O3. The van der Waals surface area contributed by atoms with Gasteiger partial charge in [0.1, 0.15) is 0 Å². The van der Waals surface area contributed by atoms with Gasteiger partial charge < -0.3 is 15.1 Å². The first kappa shape index (κ1) is 18.5. The first-order valence-corrected chi connectivity index (χ1v) is 8.92. The van der Waals surface area contributed by atoms with Crippen molar-refractivity contribution in [3.05, 3.63) is 29.8 Å². The number of aliphatic hydroxyl groups excluding tert-OH is 2. The number of hydrogen-bond acceptors (Lipinski definition) is 6. The molecule has 2 heterocycles. The van der Waals surface area contributed by atoms with Gasteiger partial charge in [-0.3, -0.25) is 4.79 Å². The van der Waals surface area contributed by atoms with Crippen molar-refractivity contribution in [2.45, 2.75) is 32.3 Å². The lowest BCUT2D eigenvalue weighted by atomic mass is 9.74. The standard InChI is InChI=1S/C18H25N5O3/c1-3-9-18(12-24)11-23(10-8-15(18)25)17(26)14-6-4-13(5-7-14)16-19-21-22(2)20-16/h4-7,15,24-25H,3,8-12H2,1-2H3/t15-,18-/m0/s1. The Morgan fingerprint density at radius 2 is 2.08 bits per heavy atom. The molecule has 1 aliphatic rings. The van der Waals surface area contributed by atoms with Crippen LogP contribution < -0.4 is 0 Å². The highest BCUT2D eigenvalue weighted by atomic mass is 16.3. The SMILES string of the molecule is CCC[C@@]1(CO)CN(C(=O)c2ccc(-c3nnn(C)n3)cc2)CC[C@@H]1O. The van der Waals surface area contributed by atoms with Crippen molar-refractivity contribution in [3.63, 3.8) is 0 Å². The van der Waals surface area contributed by atoms with E-state index in [0.717, 1.165) is 12.0 Å². The Bertz CT molecular complexity index is 760. The minimum absolute atomic E-state index is 0.0931. The van der Waals surface area contributed by atoms with Crippen LogP contribution in [-0.2, 0) is 7.05 Å². The van der Waals surface area contributed by atoms with Crippen molar-refractivity contribution >= 4 is 5.91 Å². The van der Waals surface area contributed by atoms with Crippen molar-refractivity contribution in [2.75, 3.05) is 19.7 Å². The average molecular weight is 359 g/mol. The van der Waals surface area contributed by atoms with E-state index in [1.165, 1.54) is 4.80 Å². The van der Waals surface area contributed by atoms with Crippen molar-refractivity contribution in [2.24, 2.45) is 12.5 Å². The number of aromatic nitrogens is 4. The van der Waals surface area contributed by atoms with Gasteiger partial charge in [-0.1, -0.05) is 25.5 Å². The number of amides is 1. The van der Waals surface area contributed by atoms with Gasteiger partial charge in [-0.25, -0.2) is 0 Å². The highest BCUT2D eigenvalue weighted by molar-refractivity contribution is 5.94. The van der Waals surface area contributed by atoms with Gasteiger partial charge in [0.25, 0.3) is 5.91 Å². The number of nitrogens with zero attached hydrogens (tertiary/aromatic N) is 5. The van der Waals surface area contributed by atoms with E-state index in [1.807, 2.05) is 6.92 Å². The molecule has 1 aromatic carbocycles. The van der Waals surface area contributed by atoms with Gasteiger partial charge in [-0.05, 0) is 30.2 Å². The van der Waals surface area contributed by atoms with Crippen LogP contribution in [0.5, 0.6) is 0 Å². The summed E-state index contributed by atoms with van der Waals surface area (Å²) in [6.07, 6.45) is 1.43. The van der Waals surface area contributed by atoms with E-state index in [2.05, 4.69) is 15.4 Å². The zero-order valence-corrected chi connectivity index (χ0v) is 15.2. The van der Waals surface area contributed by atoms with Gasteiger partial charge in [-0.2, -0.15) is 4.80 Å². The molecule has 0 saturated carbocycles. The Balaban J connectivity index is 1.76. The van der Waals surface area contributed by atoms with E-state index >= 15 is 0 Å². The lowest BCUT2D eigenvalue weighted by Gasteiger charge is -2.45. The topological polar surface area (TPSA) is 104 Å². The monoisotopic (exact) mass is 359 g/mol. The van der Waals surface area contributed by atoms with Gasteiger partial charge >= 0.3 is 0 Å². The predicted molar refractivity (Wildman–Crippen MR) is 95.2 cm³/mol. The summed E-state index contributed by atoms with van der Waals surface area (Å²) in [5.41, 5.74) is 0.725. The minimum Gasteiger partial charge on any atom is -0.396 e. The Hall–Kier alpha value is -2.32. The van der Waals surface area contributed by atoms with Gasteiger partial charge in [0.05, 0.1) is 19.8 Å². The number of likely N-dealkylation sites (tertiary alicyclic amines) is 1. The fourth-order valence-corrected chi connectivity index (χ4v) is 3.64. The summed E-state index contributed by atoms with van der Waals surface area (Å²) in [6, 6.07) is 7.10. The molecule has 1 fully saturated rings. The van der Waals surface area contributed by atoms with Gasteiger partial charge in [0.15, 0.2) is 0 Å². The van der Waals surface area contributed by atoms with Crippen LogP contribution in [-0.4, -0.2) is 67.0 Å². The molecule has 1 saturated heterocycles. The molecule has 0 aliphatic carbocycles. The molecule has 2 aromatic rings. The molecule has 8 heteroatoms. The molecule has 8 nitrogen and oxygen atoms in total. The smallest absolute Gasteiger partial charge is 0.253 e. The van der Waals surface area contributed by atoms with Gasteiger partial charge in [0.2, 0.25) is 5.82 Å². The molecule has 26 heavy (non-hydrogen) atoms. The fraction of sp³-hybridized carbons (Fsp3) is 0.556. The van der Waals surface area contributed by atoms with Crippen LogP contribution in [0.15, 0.2) is 24.3 Å². The molecule has 0 spiro atoms. The summed E-state index contributed by atoms with van der Waals surface area (Å²) in [5, 5.41) is 32.1. The van der Waals surface area contributed by atoms with Gasteiger partial charge in [-0.15, -0.1) is 10.2 Å². The number of tetrazole rings is 1. The van der Waals surface area contributed by atoms with Crippen LogP contribution in [0.4, 0.5) is 0 Å². The lowest BCUT2D eigenvalue weighted by Crippen LogP contribution is -2.55. The number of aliphatic hydroxyl groups is 2. The highest BCUT2D eigenvalue weighted by Crippen LogP contribution is 2.35. The third-order valence-corrected chi connectivity index (χ3v) is 5.13. The molecule has 0 unspecified atom stereocenters. The first-order chi connectivity index (χ1) is 12.5. The molecule has 3 rings (SSSR count). The number of carbonyl (C=O) groups excluding carboxylic acids is 1. The summed E-state index contributed by atoms with van der Waals surface area (Å²) in [4.78, 5) is 16.0. The predicted octanol–water partition coefficient (Wildman–Crippen LogP) is 0.863. The number of carbonyl (C=O) groups is 1. The normalized spacial score (nSPS) is 23.2. The zero-order valence-electron chi connectivity index (χ0n) is 15.2. The third-order valence-electron chi connectivity index (χ3n) is 5.13. The van der Waals surface area contributed by atoms with E-state index < -0.39 is 11.5 Å². The number of benzene rings is 1. The van der Waals surface area contributed by atoms with E-state index in [-0.39, 0.29) is 12.5 Å². The summed E-state index contributed by atoms with van der Waals surface area (Å²) in [5.74, 6) is 0.416. The van der Waals surface area contributed by atoms with Crippen molar-refractivity contribution < 1.29 is 15.0 Å². The number of aryl methyl sites for hydroxylation is 1. The minimum atomic E-state index is -0.633. The van der Waals surface area contributed by atoms with E-state index in [9.17, 15) is 15.0 Å². The quantitative estimate of drug-likeness (QED) is 0.821. The lowest BCUT2D eigenvalue weighted by molar-refractivity contribution is -0.0720. The maximum Gasteiger partial charge on any atom is 0.253 e. The molecule has 2 atom stereocenters. The second kappa shape index (κ2) is 7.51. The van der Waals surface area contributed by atoms with Crippen LogP contribution in [0.3, 0.4) is 0 Å². The number of piperidine rings is 1. The molecule has 140 valence electrons. The van der Waals surface area contributed by atoms with Crippen molar-refractivity contribution in [1.82, 2.24) is 25.1 Å². The van der Waals surface area contributed by atoms with Crippen molar-refractivity contribution in [1.29, 1.82) is 0 Å². The van der Waals surface area contributed by atoms with Crippen LogP contribution >= 0.6 is 0 Å². The second-order valence-corrected chi connectivity index (χ2v) is 6.98. The first-order valence-electron chi connectivity index (χ1n) is 8.92. The van der Waals surface area contributed by atoms with Crippen LogP contribution in [0.2, 0.25) is 0 Å². The molecule has 1 aromatic heterocycles. The van der Waals surface area contributed by atoms with E-state index in [0.29, 0.717) is 37.3 Å². The Kier molecular flexibility index (Phi) is 5.33. The molecule has 1 amide bonds. The molecule has 1 aliphatic heterocycles. The maximum absolute atomic E-state index is 12.9. The summed E-state index contributed by atoms with van der Waals surface area (Å²) in [6.45, 7) is 2.75. The summed E-state index contributed by atoms with van der Waals surface area (Å²) in [7, 11) is 1.70. The fourth-order valence-electron chi connectivity index (χ4n) is 3.64. The largest absolute Gasteiger partial charge is 0.396 e. The van der Waals surface area contributed by atoms with Crippen LogP contribution in [0.25, 0.3) is 11.4 Å². The number of rotatable bonds is 5. The maximum atomic E-state index is 12.9. The number of hydrogen-bond donors (Lipinski definition) is 2. The Labute approximate surface area is 152 Å². The molecular weight excluding hydrogens is 334 g/mol. The zero-order chi connectivity index (χ0) is 18.7. The van der Waals surface area contributed by atoms with Crippen molar-refractivity contribution in [3.8, 4) is 11.4 Å². The van der Waals surface area contributed by atoms with Crippen LogP contribution in [0.1, 0.15) is 36.5 Å². The molecule has 0 bridgehead atoms. The summed E-state index contributed by atoms with van der Waals surface area (Å²) >= 11 is 0. The Morgan fingerprint density at radius 1 is 1.35 bits per heavy atom. The van der Waals surface area contributed by atoms with E-state index in [4.69, 9.17) is 0 Å². The molecule has 0 radical (unpaired) electrons. The highest BCUT2D eigenvalue weighted by Gasteiger charge is 2.43. The molecule has 2 N–H and O–H groups in total. The average Bonchev–Trinajstić information content (AvgIpc) is 3.10. The Morgan fingerprint density at radius 3 is 2.65 bits per heavy atom. The van der Waals surface area contributed by atoms with Gasteiger partial charge in [0, 0.05) is 29.6 Å². The second-order valence-electron chi connectivity index (χ2n) is 6.98. The van der Waals surface area contributed by atoms with E-state index in [1.54, 1.807) is 36.2 Å².